The van der Waals surface area contributed by atoms with Crippen molar-refractivity contribution in [3.05, 3.63) is 29.8 Å². The first-order valence-electron chi connectivity index (χ1n) is 7.96. The lowest BCUT2D eigenvalue weighted by molar-refractivity contribution is -0.209. The molecule has 0 amide bonds. The Morgan fingerprint density at radius 1 is 1.44 bits per heavy atom. The second kappa shape index (κ2) is 7.56. The Morgan fingerprint density at radius 3 is 2.72 bits per heavy atom. The molecule has 0 unspecified atom stereocenters. The maximum absolute atomic E-state index is 11.9. The highest BCUT2D eigenvalue weighted by molar-refractivity contribution is 7.87. The van der Waals surface area contributed by atoms with Crippen molar-refractivity contribution in [3.63, 3.8) is 0 Å². The molecule has 0 aliphatic carbocycles. The summed E-state index contributed by atoms with van der Waals surface area (Å²) in [6.45, 7) is 1.32. The van der Waals surface area contributed by atoms with E-state index < -0.39 is 34.1 Å². The summed E-state index contributed by atoms with van der Waals surface area (Å²) in [7, 11) is 0.604. The van der Waals surface area contributed by atoms with Crippen molar-refractivity contribution in [2.45, 2.75) is 37.3 Å². The van der Waals surface area contributed by atoms with Crippen molar-refractivity contribution in [3.8, 4) is 5.75 Å². The fraction of sp³-hybridized carbons (Fsp3) is 0.625. The Kier molecular flexibility index (Phi) is 6.08. The quantitative estimate of drug-likeness (QED) is 0.649. The van der Waals surface area contributed by atoms with E-state index in [9.17, 15) is 18.6 Å². The third-order valence-electron chi connectivity index (χ3n) is 4.42. The fourth-order valence-corrected chi connectivity index (χ4v) is 3.51. The van der Waals surface area contributed by atoms with Crippen LogP contribution in [-0.2, 0) is 14.9 Å². The Labute approximate surface area is 148 Å². The van der Waals surface area contributed by atoms with E-state index in [-0.39, 0.29) is 13.0 Å². The molecule has 1 aliphatic rings. The van der Waals surface area contributed by atoms with Gasteiger partial charge in [-0.05, 0) is 24.6 Å². The molecule has 4 atom stereocenters. The van der Waals surface area contributed by atoms with Crippen LogP contribution in [0.15, 0.2) is 24.3 Å². The summed E-state index contributed by atoms with van der Waals surface area (Å²) >= 11 is 0. The lowest BCUT2D eigenvalue weighted by Crippen LogP contribution is -2.60. The summed E-state index contributed by atoms with van der Waals surface area (Å²) in [6.07, 6.45) is -2.35. The van der Waals surface area contributed by atoms with Gasteiger partial charge in [-0.2, -0.15) is 17.4 Å². The van der Waals surface area contributed by atoms with E-state index in [2.05, 4.69) is 4.72 Å². The van der Waals surface area contributed by atoms with Crippen LogP contribution in [-0.4, -0.2) is 68.5 Å². The molecule has 0 aromatic heterocycles. The summed E-state index contributed by atoms with van der Waals surface area (Å²) in [6, 6.07) is 7.23. The number of ether oxygens (including phenoxy) is 2. The van der Waals surface area contributed by atoms with Gasteiger partial charge in [0.1, 0.15) is 17.5 Å². The Balaban J connectivity index is 2.22. The van der Waals surface area contributed by atoms with E-state index in [4.69, 9.17) is 9.47 Å². The largest absolute Gasteiger partial charge is 0.497 e. The van der Waals surface area contributed by atoms with Gasteiger partial charge in [0.15, 0.2) is 0 Å². The molecule has 0 radical (unpaired) electrons. The van der Waals surface area contributed by atoms with Crippen LogP contribution < -0.4 is 9.46 Å². The molecule has 142 valence electrons. The third kappa shape index (κ3) is 4.49. The number of hydrogen-bond acceptors (Lipinski definition) is 6. The Hall–Kier alpha value is -1.23. The number of benzene rings is 1. The molecule has 1 aromatic carbocycles. The summed E-state index contributed by atoms with van der Waals surface area (Å²) in [5, 5.41) is 21.3. The van der Waals surface area contributed by atoms with Crippen LogP contribution in [0.4, 0.5) is 0 Å². The van der Waals surface area contributed by atoms with E-state index in [0.29, 0.717) is 5.75 Å². The number of aliphatic hydroxyl groups is 2. The molecular formula is C16H26N2O6S. The van der Waals surface area contributed by atoms with Gasteiger partial charge in [0.25, 0.3) is 10.2 Å². The molecular weight excluding hydrogens is 348 g/mol. The topological polar surface area (TPSA) is 108 Å². The third-order valence-corrected chi connectivity index (χ3v) is 5.89. The van der Waals surface area contributed by atoms with Gasteiger partial charge in [-0.3, -0.25) is 0 Å². The first kappa shape index (κ1) is 20.1. The zero-order valence-electron chi connectivity index (χ0n) is 14.8. The van der Waals surface area contributed by atoms with Crippen molar-refractivity contribution >= 4 is 10.2 Å². The highest BCUT2D eigenvalue weighted by atomic mass is 32.2. The molecule has 2 rings (SSSR count). The minimum Gasteiger partial charge on any atom is -0.497 e. The van der Waals surface area contributed by atoms with Crippen LogP contribution in [0, 0.1) is 0 Å². The van der Waals surface area contributed by atoms with Gasteiger partial charge in [-0.1, -0.05) is 12.1 Å². The molecule has 1 heterocycles. The van der Waals surface area contributed by atoms with E-state index >= 15 is 0 Å². The second-order valence-corrected chi connectivity index (χ2v) is 8.44. The van der Waals surface area contributed by atoms with Gasteiger partial charge in [-0.15, -0.1) is 0 Å². The smallest absolute Gasteiger partial charge is 0.279 e. The zero-order valence-corrected chi connectivity index (χ0v) is 15.7. The van der Waals surface area contributed by atoms with Crippen molar-refractivity contribution in [1.29, 1.82) is 0 Å². The van der Waals surface area contributed by atoms with Gasteiger partial charge in [0, 0.05) is 27.1 Å². The molecule has 25 heavy (non-hydrogen) atoms. The monoisotopic (exact) mass is 374 g/mol. The fourth-order valence-electron chi connectivity index (χ4n) is 2.82. The van der Waals surface area contributed by atoms with Gasteiger partial charge >= 0.3 is 0 Å². The number of aliphatic hydroxyl groups excluding tert-OH is 1. The summed E-state index contributed by atoms with van der Waals surface area (Å²) in [4.78, 5) is 0. The predicted molar refractivity (Wildman–Crippen MR) is 92.5 cm³/mol. The number of methoxy groups -OCH3 is 1. The van der Waals surface area contributed by atoms with E-state index in [0.717, 1.165) is 9.87 Å². The van der Waals surface area contributed by atoms with Gasteiger partial charge in [0.05, 0.1) is 19.3 Å². The highest BCUT2D eigenvalue weighted by Gasteiger charge is 2.47. The molecule has 3 N–H and O–H groups in total. The van der Waals surface area contributed by atoms with Gasteiger partial charge in [0.2, 0.25) is 0 Å². The molecule has 0 spiro atoms. The number of hydrogen-bond donors (Lipinski definition) is 3. The normalized spacial score (nSPS) is 30.4. The average Bonchev–Trinajstić information content (AvgIpc) is 2.57. The van der Waals surface area contributed by atoms with Crippen LogP contribution in [0.25, 0.3) is 0 Å². The Bertz CT molecular complexity index is 696. The minimum absolute atomic E-state index is 0.0433. The highest BCUT2D eigenvalue weighted by Crippen LogP contribution is 2.38. The maximum atomic E-state index is 11.9. The molecule has 0 bridgehead atoms. The van der Waals surface area contributed by atoms with Crippen molar-refractivity contribution in [2.75, 3.05) is 27.7 Å². The van der Waals surface area contributed by atoms with Crippen LogP contribution in [0.3, 0.4) is 0 Å². The number of nitrogens with zero attached hydrogens (tertiary/aromatic N) is 1. The summed E-state index contributed by atoms with van der Waals surface area (Å²) in [5.74, 6) is 0.650. The van der Waals surface area contributed by atoms with Crippen LogP contribution >= 0.6 is 0 Å². The average molecular weight is 374 g/mol. The van der Waals surface area contributed by atoms with Gasteiger partial charge in [-0.25, -0.2) is 0 Å². The van der Waals surface area contributed by atoms with E-state index in [1.54, 1.807) is 32.2 Å². The molecule has 1 aliphatic heterocycles. The van der Waals surface area contributed by atoms with Crippen LogP contribution in [0.5, 0.6) is 5.75 Å². The van der Waals surface area contributed by atoms with Crippen molar-refractivity contribution in [2.24, 2.45) is 0 Å². The molecule has 1 fully saturated rings. The molecule has 9 heteroatoms. The summed E-state index contributed by atoms with van der Waals surface area (Å²) < 4.78 is 38.2. The predicted octanol–water partition coefficient (Wildman–Crippen LogP) is 0.0331. The molecule has 8 nitrogen and oxygen atoms in total. The SMILES string of the molecule is COc1cccc([C@H]2C[C@@](O)(CNS(=O)(=O)N(C)C)[C@H](O)[C@@H](C)O2)c1. The standard InChI is InChI=1S/C16H26N2O6S/c1-11-15(19)16(20,10-17-25(21,22)18(2)3)9-14(24-11)12-6-5-7-13(8-12)23-4/h5-8,11,14-15,17,19-20H,9-10H2,1-4H3/t11-,14-,15-,16-/m1/s1. The first-order chi connectivity index (χ1) is 11.6. The Morgan fingerprint density at radius 2 is 2.12 bits per heavy atom. The van der Waals surface area contributed by atoms with Crippen molar-refractivity contribution in [1.82, 2.24) is 9.03 Å². The number of nitrogens with one attached hydrogen (secondary N) is 1. The van der Waals surface area contributed by atoms with Crippen molar-refractivity contribution < 1.29 is 28.1 Å². The van der Waals surface area contributed by atoms with E-state index in [1.807, 2.05) is 6.07 Å². The number of rotatable bonds is 6. The minimum atomic E-state index is -3.72. The first-order valence-corrected chi connectivity index (χ1v) is 9.40. The van der Waals surface area contributed by atoms with Gasteiger partial charge < -0.3 is 19.7 Å². The van der Waals surface area contributed by atoms with E-state index in [1.165, 1.54) is 14.1 Å². The second-order valence-electron chi connectivity index (χ2n) is 6.47. The lowest BCUT2D eigenvalue weighted by Gasteiger charge is -2.44. The molecule has 0 saturated carbocycles. The molecule has 1 aromatic rings. The zero-order chi connectivity index (χ0) is 18.8. The lowest BCUT2D eigenvalue weighted by atomic mass is 9.82. The molecule has 1 saturated heterocycles. The van der Waals surface area contributed by atoms with Crippen LogP contribution in [0.1, 0.15) is 25.0 Å². The maximum Gasteiger partial charge on any atom is 0.279 e. The van der Waals surface area contributed by atoms with Crippen LogP contribution in [0.2, 0.25) is 0 Å². The summed E-state index contributed by atoms with van der Waals surface area (Å²) in [5.41, 5.74) is -0.874.